The number of hydrogen-bond acceptors (Lipinski definition) is 1. The van der Waals surface area contributed by atoms with Crippen molar-refractivity contribution in [1.82, 2.24) is 9.80 Å². The Labute approximate surface area is 130 Å². The molecule has 1 aliphatic heterocycles. The van der Waals surface area contributed by atoms with Crippen LogP contribution in [0, 0.1) is 5.41 Å². The van der Waals surface area contributed by atoms with Gasteiger partial charge in [0.15, 0.2) is 5.96 Å². The molecule has 4 heteroatoms. The van der Waals surface area contributed by atoms with Gasteiger partial charge in [0.25, 0.3) is 0 Å². The van der Waals surface area contributed by atoms with Gasteiger partial charge in [0, 0.05) is 33.7 Å². The van der Waals surface area contributed by atoms with Gasteiger partial charge in [0.2, 0.25) is 0 Å². The van der Waals surface area contributed by atoms with E-state index in [9.17, 15) is 0 Å². The lowest BCUT2D eigenvalue weighted by Crippen LogP contribution is -2.49. The summed E-state index contributed by atoms with van der Waals surface area (Å²) in [5.74, 6) is 1.16. The zero-order valence-corrected chi connectivity index (χ0v) is 15.0. The van der Waals surface area contributed by atoms with Crippen molar-refractivity contribution in [3.63, 3.8) is 0 Å². The number of likely N-dealkylation sites (tertiary alicyclic amines) is 1. The van der Waals surface area contributed by atoms with Crippen LogP contribution in [-0.4, -0.2) is 49.5 Å². The highest BCUT2D eigenvalue weighted by molar-refractivity contribution is 14.0. The van der Waals surface area contributed by atoms with Gasteiger partial charge >= 0.3 is 0 Å². The van der Waals surface area contributed by atoms with Crippen LogP contribution in [0.2, 0.25) is 0 Å². The lowest BCUT2D eigenvalue weighted by Gasteiger charge is -2.43. The molecule has 0 aromatic rings. The van der Waals surface area contributed by atoms with Crippen molar-refractivity contribution in [3.8, 4) is 0 Å². The van der Waals surface area contributed by atoms with E-state index in [2.05, 4.69) is 49.7 Å². The topological polar surface area (TPSA) is 18.8 Å². The first-order chi connectivity index (χ1) is 8.02. The van der Waals surface area contributed by atoms with Crippen molar-refractivity contribution in [2.75, 3.05) is 33.7 Å². The molecular formula is C14H30IN3. The summed E-state index contributed by atoms with van der Waals surface area (Å²) in [5, 5.41) is 0. The van der Waals surface area contributed by atoms with E-state index in [0.717, 1.165) is 25.6 Å². The van der Waals surface area contributed by atoms with Gasteiger partial charge in [0.05, 0.1) is 0 Å². The van der Waals surface area contributed by atoms with E-state index in [-0.39, 0.29) is 24.0 Å². The minimum absolute atomic E-state index is 0. The van der Waals surface area contributed by atoms with E-state index in [4.69, 9.17) is 0 Å². The summed E-state index contributed by atoms with van der Waals surface area (Å²) >= 11 is 0. The fraction of sp³-hybridized carbons (Fsp3) is 0.929. The van der Waals surface area contributed by atoms with Crippen molar-refractivity contribution in [1.29, 1.82) is 0 Å². The Morgan fingerprint density at radius 2 is 2.00 bits per heavy atom. The molecule has 1 rings (SSSR count). The summed E-state index contributed by atoms with van der Waals surface area (Å²) in [4.78, 5) is 9.27. The van der Waals surface area contributed by atoms with Crippen molar-refractivity contribution in [2.45, 2.75) is 46.5 Å². The van der Waals surface area contributed by atoms with Crippen LogP contribution in [0.3, 0.4) is 0 Å². The molecule has 0 aromatic heterocycles. The monoisotopic (exact) mass is 367 g/mol. The van der Waals surface area contributed by atoms with Crippen molar-refractivity contribution >= 4 is 29.9 Å². The quantitative estimate of drug-likeness (QED) is 0.432. The van der Waals surface area contributed by atoms with Crippen LogP contribution in [0.4, 0.5) is 0 Å². The van der Waals surface area contributed by atoms with Crippen molar-refractivity contribution in [2.24, 2.45) is 10.4 Å². The fourth-order valence-corrected chi connectivity index (χ4v) is 2.96. The SMILES string of the molecule is CCCC1(C)CCCN(C(=NCC)N(C)C)C1.I. The summed E-state index contributed by atoms with van der Waals surface area (Å²) in [7, 11) is 4.19. The minimum atomic E-state index is 0. The van der Waals surface area contributed by atoms with E-state index in [1.54, 1.807) is 0 Å². The van der Waals surface area contributed by atoms with Gasteiger partial charge in [-0.3, -0.25) is 4.99 Å². The van der Waals surface area contributed by atoms with Gasteiger partial charge in [-0.1, -0.05) is 20.3 Å². The molecule has 0 radical (unpaired) electrons. The molecule has 1 atom stereocenters. The Hall–Kier alpha value is 0. The largest absolute Gasteiger partial charge is 0.349 e. The van der Waals surface area contributed by atoms with Gasteiger partial charge in [-0.25, -0.2) is 0 Å². The Kier molecular flexibility index (Phi) is 8.23. The molecule has 0 N–H and O–H groups in total. The highest BCUT2D eigenvalue weighted by Gasteiger charge is 2.31. The molecule has 0 aromatic carbocycles. The molecule has 1 fully saturated rings. The average Bonchev–Trinajstić information content (AvgIpc) is 2.25. The second-order valence-electron chi connectivity index (χ2n) is 5.75. The standard InChI is InChI=1S/C14H29N3.HI/c1-6-9-14(3)10-8-11-17(12-14)13(15-7-2)16(4)5;/h6-12H2,1-5H3;1H. The Morgan fingerprint density at radius 3 is 2.50 bits per heavy atom. The second-order valence-corrected chi connectivity index (χ2v) is 5.75. The predicted octanol–water partition coefficient (Wildman–Crippen LogP) is 3.44. The molecule has 3 nitrogen and oxygen atoms in total. The zero-order valence-electron chi connectivity index (χ0n) is 12.7. The minimum Gasteiger partial charge on any atom is -0.349 e. The molecule has 18 heavy (non-hydrogen) atoms. The molecule has 1 saturated heterocycles. The number of hydrogen-bond donors (Lipinski definition) is 0. The highest BCUT2D eigenvalue weighted by atomic mass is 127. The van der Waals surface area contributed by atoms with Crippen molar-refractivity contribution in [3.05, 3.63) is 0 Å². The van der Waals surface area contributed by atoms with E-state index in [1.165, 1.54) is 25.7 Å². The van der Waals surface area contributed by atoms with E-state index in [1.807, 2.05) is 0 Å². The number of piperidine rings is 1. The molecule has 1 heterocycles. The number of guanidine groups is 1. The number of aliphatic imine (C=N–C) groups is 1. The molecule has 0 aliphatic carbocycles. The van der Waals surface area contributed by atoms with Crippen LogP contribution in [0.5, 0.6) is 0 Å². The smallest absolute Gasteiger partial charge is 0.196 e. The first-order valence-electron chi connectivity index (χ1n) is 6.99. The maximum absolute atomic E-state index is 4.64. The van der Waals surface area contributed by atoms with E-state index < -0.39 is 0 Å². The Balaban J connectivity index is 0.00000289. The fourth-order valence-electron chi connectivity index (χ4n) is 2.96. The first-order valence-corrected chi connectivity index (χ1v) is 6.99. The van der Waals surface area contributed by atoms with E-state index >= 15 is 0 Å². The average molecular weight is 367 g/mol. The van der Waals surface area contributed by atoms with Crippen LogP contribution in [0.25, 0.3) is 0 Å². The second kappa shape index (κ2) is 8.23. The molecule has 0 amide bonds. The number of rotatable bonds is 3. The molecule has 0 saturated carbocycles. The van der Waals surface area contributed by atoms with E-state index in [0.29, 0.717) is 5.41 Å². The van der Waals surface area contributed by atoms with Gasteiger partial charge in [-0.2, -0.15) is 0 Å². The van der Waals surface area contributed by atoms with Crippen LogP contribution in [0.15, 0.2) is 4.99 Å². The zero-order chi connectivity index (χ0) is 12.9. The normalized spacial score (nSPS) is 24.7. The third-order valence-electron chi connectivity index (χ3n) is 3.62. The maximum atomic E-state index is 4.64. The van der Waals surface area contributed by atoms with Gasteiger partial charge in [0.1, 0.15) is 0 Å². The summed E-state index contributed by atoms with van der Waals surface area (Å²) in [6.07, 6.45) is 5.28. The van der Waals surface area contributed by atoms with Gasteiger partial charge < -0.3 is 9.80 Å². The summed E-state index contributed by atoms with van der Waals surface area (Å²) in [6, 6.07) is 0. The third kappa shape index (κ3) is 4.94. The Morgan fingerprint density at radius 1 is 1.33 bits per heavy atom. The van der Waals surface area contributed by atoms with Crippen molar-refractivity contribution < 1.29 is 0 Å². The molecule has 0 spiro atoms. The molecule has 0 bridgehead atoms. The van der Waals surface area contributed by atoms with Crippen LogP contribution >= 0.6 is 24.0 Å². The third-order valence-corrected chi connectivity index (χ3v) is 3.62. The molecule has 1 unspecified atom stereocenters. The lowest BCUT2D eigenvalue weighted by molar-refractivity contribution is 0.137. The Bertz CT molecular complexity index is 262. The summed E-state index contributed by atoms with van der Waals surface area (Å²) in [5.41, 5.74) is 0.484. The molecule has 108 valence electrons. The van der Waals surface area contributed by atoms with Gasteiger partial charge in [-0.05, 0) is 31.6 Å². The highest BCUT2D eigenvalue weighted by Crippen LogP contribution is 2.34. The van der Waals surface area contributed by atoms with Crippen LogP contribution in [0.1, 0.15) is 46.5 Å². The number of nitrogens with zero attached hydrogens (tertiary/aromatic N) is 3. The predicted molar refractivity (Wildman–Crippen MR) is 90.9 cm³/mol. The molecule has 1 aliphatic rings. The summed E-state index contributed by atoms with van der Waals surface area (Å²) in [6.45, 7) is 10.0. The first kappa shape index (κ1) is 18.0. The maximum Gasteiger partial charge on any atom is 0.196 e. The van der Waals surface area contributed by atoms with Gasteiger partial charge in [-0.15, -0.1) is 24.0 Å². The number of halogens is 1. The van der Waals surface area contributed by atoms with Crippen LogP contribution in [-0.2, 0) is 0 Å². The molecular weight excluding hydrogens is 337 g/mol. The lowest BCUT2D eigenvalue weighted by atomic mass is 9.78. The van der Waals surface area contributed by atoms with Crippen LogP contribution < -0.4 is 0 Å². The summed E-state index contributed by atoms with van der Waals surface area (Å²) < 4.78 is 0.